The van der Waals surface area contributed by atoms with E-state index in [1.54, 1.807) is 18.5 Å². The molecule has 0 saturated heterocycles. The van der Waals surface area contributed by atoms with Crippen molar-refractivity contribution in [2.24, 2.45) is 5.92 Å². The van der Waals surface area contributed by atoms with Crippen LogP contribution in [0.25, 0.3) is 16.6 Å². The highest BCUT2D eigenvalue weighted by atomic mass is 16.3. The molecule has 3 N–H and O–H groups in total. The third-order valence-corrected chi connectivity index (χ3v) is 5.26. The second-order valence-electron chi connectivity index (χ2n) is 7.44. The number of nitrogens with one attached hydrogen (secondary N) is 2. The van der Waals surface area contributed by atoms with E-state index in [9.17, 15) is 5.11 Å². The van der Waals surface area contributed by atoms with Gasteiger partial charge in [0.1, 0.15) is 23.6 Å². The summed E-state index contributed by atoms with van der Waals surface area (Å²) in [4.78, 5) is 12.0. The second-order valence-corrected chi connectivity index (χ2v) is 7.44. The molecule has 0 spiro atoms. The van der Waals surface area contributed by atoms with Gasteiger partial charge in [0.15, 0.2) is 0 Å². The number of nitrogens with zero attached hydrogens (tertiary/aromatic N) is 2. The first-order valence-corrected chi connectivity index (χ1v) is 10.2. The van der Waals surface area contributed by atoms with Crippen molar-refractivity contribution in [2.45, 2.75) is 39.0 Å². The molecule has 1 aliphatic rings. The summed E-state index contributed by atoms with van der Waals surface area (Å²) in [6.45, 7) is 10.1. The van der Waals surface area contributed by atoms with Gasteiger partial charge in [-0.1, -0.05) is 56.7 Å². The zero-order valence-electron chi connectivity index (χ0n) is 17.1. The fourth-order valence-electron chi connectivity index (χ4n) is 3.93. The molecule has 1 saturated carbocycles. The Morgan fingerprint density at radius 3 is 2.79 bits per heavy atom. The summed E-state index contributed by atoms with van der Waals surface area (Å²) in [7, 11) is 0. The number of hydrogen-bond acceptors (Lipinski definition) is 4. The van der Waals surface area contributed by atoms with Crippen molar-refractivity contribution < 1.29 is 5.11 Å². The normalized spacial score (nSPS) is 16.4. The van der Waals surface area contributed by atoms with E-state index in [-0.39, 0.29) is 5.76 Å². The van der Waals surface area contributed by atoms with Gasteiger partial charge >= 0.3 is 0 Å². The smallest absolute Gasteiger partial charge is 0.143 e. The summed E-state index contributed by atoms with van der Waals surface area (Å²) in [6, 6.07) is 0. The van der Waals surface area contributed by atoms with Crippen LogP contribution in [0, 0.1) is 5.92 Å². The zero-order valence-corrected chi connectivity index (χ0v) is 17.1. The van der Waals surface area contributed by atoms with E-state index in [1.807, 2.05) is 13.1 Å². The molecule has 2 heterocycles. The van der Waals surface area contributed by atoms with Crippen LogP contribution in [0.1, 0.15) is 44.6 Å². The summed E-state index contributed by atoms with van der Waals surface area (Å²) < 4.78 is 0. The third kappa shape index (κ3) is 5.25. The minimum Gasteiger partial charge on any atom is -0.509 e. The van der Waals surface area contributed by atoms with E-state index in [1.165, 1.54) is 37.7 Å². The van der Waals surface area contributed by atoms with E-state index in [0.717, 1.165) is 28.0 Å². The summed E-state index contributed by atoms with van der Waals surface area (Å²) in [6.07, 6.45) is 19.9. The van der Waals surface area contributed by atoms with Gasteiger partial charge in [0, 0.05) is 18.3 Å². The Hall–Kier alpha value is -3.08. The van der Waals surface area contributed by atoms with Gasteiger partial charge in [0.25, 0.3) is 0 Å². The van der Waals surface area contributed by atoms with E-state index < -0.39 is 0 Å². The number of aliphatic hydroxyl groups is 1. The number of fused-ring (bicyclic) bond motifs is 1. The van der Waals surface area contributed by atoms with Gasteiger partial charge in [-0.05, 0) is 42.9 Å². The molecule has 1 fully saturated rings. The Bertz CT molecular complexity index is 958. The fourth-order valence-corrected chi connectivity index (χ4v) is 3.93. The van der Waals surface area contributed by atoms with Crippen LogP contribution in [0.15, 0.2) is 67.4 Å². The predicted molar refractivity (Wildman–Crippen MR) is 122 cm³/mol. The lowest BCUT2D eigenvalue weighted by molar-refractivity contribution is 0.418. The minimum absolute atomic E-state index is 0.0219. The number of rotatable bonds is 8. The molecule has 0 aliphatic heterocycles. The summed E-state index contributed by atoms with van der Waals surface area (Å²) >= 11 is 0. The second kappa shape index (κ2) is 9.92. The molecule has 2 aromatic rings. The Kier molecular flexibility index (Phi) is 7.06. The number of aromatic amines is 1. The van der Waals surface area contributed by atoms with Gasteiger partial charge < -0.3 is 15.4 Å². The van der Waals surface area contributed by atoms with Crippen LogP contribution in [0.5, 0.6) is 0 Å². The highest BCUT2D eigenvalue weighted by Gasteiger charge is 2.14. The van der Waals surface area contributed by atoms with Crippen molar-refractivity contribution >= 4 is 22.4 Å². The Morgan fingerprint density at radius 2 is 2.10 bits per heavy atom. The third-order valence-electron chi connectivity index (χ3n) is 5.26. The topological polar surface area (TPSA) is 73.8 Å². The lowest BCUT2D eigenvalue weighted by Gasteiger charge is -2.19. The number of aliphatic hydroxyl groups excluding tert-OH is 1. The molecule has 5 nitrogen and oxygen atoms in total. The van der Waals surface area contributed by atoms with E-state index in [4.69, 9.17) is 0 Å². The maximum absolute atomic E-state index is 9.59. The maximum Gasteiger partial charge on any atom is 0.143 e. The molecule has 0 atom stereocenters. The van der Waals surface area contributed by atoms with Gasteiger partial charge in [0.2, 0.25) is 0 Å². The Balaban J connectivity index is 1.89. The fraction of sp³-hybridized carbons (Fsp3) is 0.333. The average molecular weight is 391 g/mol. The molecule has 5 heteroatoms. The quantitative estimate of drug-likeness (QED) is 0.376. The largest absolute Gasteiger partial charge is 0.509 e. The van der Waals surface area contributed by atoms with Crippen LogP contribution in [0.4, 0.5) is 5.82 Å². The molecule has 29 heavy (non-hydrogen) atoms. The monoisotopic (exact) mass is 390 g/mol. The molecular weight excluding hydrogens is 360 g/mol. The van der Waals surface area contributed by atoms with Crippen LogP contribution in [0.3, 0.4) is 0 Å². The van der Waals surface area contributed by atoms with Crippen LogP contribution in [0.2, 0.25) is 0 Å². The molecule has 0 bridgehead atoms. The number of anilines is 1. The molecule has 152 valence electrons. The molecule has 2 aromatic heterocycles. The number of allylic oxidation sites excluding steroid dienone is 5. The first-order valence-electron chi connectivity index (χ1n) is 10.2. The number of aromatic nitrogens is 3. The van der Waals surface area contributed by atoms with Gasteiger partial charge in [-0.3, -0.25) is 0 Å². The van der Waals surface area contributed by atoms with Gasteiger partial charge in [-0.15, -0.1) is 0 Å². The maximum atomic E-state index is 9.59. The molecule has 0 aromatic carbocycles. The lowest BCUT2D eigenvalue weighted by atomic mass is 9.88. The van der Waals surface area contributed by atoms with Crippen molar-refractivity contribution in [3.05, 3.63) is 73.0 Å². The van der Waals surface area contributed by atoms with E-state index in [2.05, 4.69) is 51.7 Å². The highest BCUT2D eigenvalue weighted by Crippen LogP contribution is 2.30. The molecular formula is C24H30N4O. The van der Waals surface area contributed by atoms with Crippen molar-refractivity contribution in [3.63, 3.8) is 0 Å². The summed E-state index contributed by atoms with van der Waals surface area (Å²) in [5.74, 6) is 1.39. The first kappa shape index (κ1) is 20.6. The van der Waals surface area contributed by atoms with Gasteiger partial charge in [0.05, 0.1) is 5.39 Å². The Labute approximate surface area is 172 Å². The lowest BCUT2D eigenvalue weighted by Crippen LogP contribution is -2.09. The molecule has 0 radical (unpaired) electrons. The average Bonchev–Trinajstić information content (AvgIpc) is 3.16. The van der Waals surface area contributed by atoms with E-state index in [0.29, 0.717) is 12.5 Å². The molecule has 0 amide bonds. The predicted octanol–water partition coefficient (Wildman–Crippen LogP) is 6.09. The van der Waals surface area contributed by atoms with Crippen LogP contribution in [-0.4, -0.2) is 26.6 Å². The van der Waals surface area contributed by atoms with E-state index >= 15 is 0 Å². The summed E-state index contributed by atoms with van der Waals surface area (Å²) in [5, 5.41) is 14.0. The van der Waals surface area contributed by atoms with Crippen LogP contribution in [-0.2, 0) is 0 Å². The number of H-pyrrole nitrogens is 1. The molecule has 3 rings (SSSR count). The Morgan fingerprint density at radius 1 is 1.31 bits per heavy atom. The van der Waals surface area contributed by atoms with Crippen molar-refractivity contribution in [1.29, 1.82) is 0 Å². The first-order chi connectivity index (χ1) is 14.1. The minimum atomic E-state index is -0.0219. The number of hydrogen-bond donors (Lipinski definition) is 3. The highest BCUT2D eigenvalue weighted by molar-refractivity contribution is 6.00. The van der Waals surface area contributed by atoms with Gasteiger partial charge in [-0.2, -0.15) is 0 Å². The van der Waals surface area contributed by atoms with Crippen LogP contribution >= 0.6 is 0 Å². The van der Waals surface area contributed by atoms with Crippen LogP contribution < -0.4 is 5.32 Å². The molecule has 0 unspecified atom stereocenters. The van der Waals surface area contributed by atoms with Crippen molar-refractivity contribution in [1.82, 2.24) is 15.0 Å². The zero-order chi connectivity index (χ0) is 20.6. The SMILES string of the molecule is C=C/C(=C\C(=C)O)c1c[nH]c2ncnc(NCC(/C=C\C)=C/C3CCCCC3)c12. The summed E-state index contributed by atoms with van der Waals surface area (Å²) in [5.41, 5.74) is 3.63. The van der Waals surface area contributed by atoms with Crippen molar-refractivity contribution in [2.75, 3.05) is 11.9 Å². The van der Waals surface area contributed by atoms with Gasteiger partial charge in [-0.25, -0.2) is 9.97 Å². The molecule has 1 aliphatic carbocycles. The standard InChI is InChI=1S/C24H30N4O/c1-4-9-19(13-18-10-7-6-8-11-18)14-25-23-22-21(20(5-2)12-17(3)29)15-26-24(22)28-16-27-23/h4-5,9,12-13,15-16,18,29H,2-3,6-8,10-11,14H2,1H3,(H2,25,26,27,28)/b9-4-,19-13+,20-12+. The van der Waals surface area contributed by atoms with Crippen molar-refractivity contribution in [3.8, 4) is 0 Å².